The Morgan fingerprint density at radius 2 is 2.31 bits per heavy atom. The van der Waals surface area contributed by atoms with Crippen molar-refractivity contribution in [3.8, 4) is 0 Å². The zero-order chi connectivity index (χ0) is 11.5. The van der Waals surface area contributed by atoms with Crippen LogP contribution in [0.15, 0.2) is 24.3 Å². The lowest BCUT2D eigenvalue weighted by Gasteiger charge is -2.35. The lowest BCUT2D eigenvalue weighted by molar-refractivity contribution is 0.112. The molecule has 1 aliphatic rings. The summed E-state index contributed by atoms with van der Waals surface area (Å²) in [5, 5.41) is 3.43. The molecule has 0 spiro atoms. The Hall–Kier alpha value is -1.19. The number of carbonyl (C=O) groups excluding carboxylic acids is 1. The lowest BCUT2D eigenvalue weighted by Crippen LogP contribution is -2.47. The second-order valence-electron chi connectivity index (χ2n) is 4.56. The third-order valence-corrected chi connectivity index (χ3v) is 3.41. The van der Waals surface area contributed by atoms with Gasteiger partial charge in [-0.15, -0.1) is 0 Å². The van der Waals surface area contributed by atoms with Gasteiger partial charge >= 0.3 is 0 Å². The Bertz CT molecular complexity index is 378. The van der Waals surface area contributed by atoms with Crippen molar-refractivity contribution < 1.29 is 4.79 Å². The molecule has 0 amide bonds. The van der Waals surface area contributed by atoms with Crippen molar-refractivity contribution in [3.05, 3.63) is 35.4 Å². The molecule has 0 saturated carbocycles. The minimum Gasteiger partial charge on any atom is -0.326 e. The highest BCUT2D eigenvalue weighted by Gasteiger charge is 2.28. The van der Waals surface area contributed by atoms with E-state index < -0.39 is 0 Å². The van der Waals surface area contributed by atoms with E-state index in [1.54, 1.807) is 0 Å². The summed E-state index contributed by atoms with van der Waals surface area (Å²) < 4.78 is 0. The van der Waals surface area contributed by atoms with Crippen LogP contribution in [-0.4, -0.2) is 18.9 Å². The van der Waals surface area contributed by atoms with Crippen LogP contribution in [0.25, 0.3) is 0 Å². The quantitative estimate of drug-likeness (QED) is 0.740. The van der Waals surface area contributed by atoms with Crippen molar-refractivity contribution in [2.75, 3.05) is 6.54 Å². The fourth-order valence-electron chi connectivity index (χ4n) is 2.29. The average molecular weight is 218 g/mol. The van der Waals surface area contributed by atoms with Crippen molar-refractivity contribution in [2.24, 2.45) is 11.7 Å². The molecule has 3 heteroatoms. The van der Waals surface area contributed by atoms with Crippen molar-refractivity contribution in [2.45, 2.75) is 25.4 Å². The third kappa shape index (κ3) is 2.15. The number of nitrogens with one attached hydrogen (secondary N) is 1. The van der Waals surface area contributed by atoms with Crippen LogP contribution >= 0.6 is 0 Å². The van der Waals surface area contributed by atoms with Crippen LogP contribution in [0, 0.1) is 5.92 Å². The normalized spacial score (nSPS) is 30.0. The first kappa shape index (κ1) is 11.3. The summed E-state index contributed by atoms with van der Waals surface area (Å²) in [7, 11) is 0. The smallest absolute Gasteiger partial charge is 0.150 e. The molecular formula is C13H18N2O. The number of carbonyl (C=O) groups is 1. The summed E-state index contributed by atoms with van der Waals surface area (Å²) >= 11 is 0. The molecule has 16 heavy (non-hydrogen) atoms. The van der Waals surface area contributed by atoms with E-state index in [9.17, 15) is 4.79 Å². The van der Waals surface area contributed by atoms with E-state index in [1.807, 2.05) is 24.3 Å². The summed E-state index contributed by atoms with van der Waals surface area (Å²) in [4.78, 5) is 10.7. The van der Waals surface area contributed by atoms with Gasteiger partial charge in [-0.3, -0.25) is 4.79 Å². The molecule has 0 aromatic heterocycles. The highest BCUT2D eigenvalue weighted by atomic mass is 16.1. The minimum atomic E-state index is 0.121. The van der Waals surface area contributed by atoms with Gasteiger partial charge in [0.1, 0.15) is 6.29 Å². The molecule has 0 bridgehead atoms. The predicted octanol–water partition coefficient (Wildman–Crippen LogP) is 1.50. The molecule has 3 nitrogen and oxygen atoms in total. The van der Waals surface area contributed by atoms with Gasteiger partial charge in [0.05, 0.1) is 0 Å². The summed E-state index contributed by atoms with van der Waals surface area (Å²) in [5.41, 5.74) is 8.02. The van der Waals surface area contributed by atoms with Crippen LogP contribution in [0.3, 0.4) is 0 Å². The maximum Gasteiger partial charge on any atom is 0.150 e. The van der Waals surface area contributed by atoms with E-state index in [2.05, 4.69) is 12.2 Å². The van der Waals surface area contributed by atoms with Crippen molar-refractivity contribution in [1.29, 1.82) is 0 Å². The largest absolute Gasteiger partial charge is 0.326 e. The van der Waals surface area contributed by atoms with Gasteiger partial charge in [0.25, 0.3) is 0 Å². The van der Waals surface area contributed by atoms with Gasteiger partial charge in [-0.2, -0.15) is 0 Å². The summed E-state index contributed by atoms with van der Waals surface area (Å²) in [6.07, 6.45) is 1.99. The number of piperidine rings is 1. The molecule has 3 atom stereocenters. The first-order chi connectivity index (χ1) is 7.72. The van der Waals surface area contributed by atoms with E-state index in [4.69, 9.17) is 5.73 Å². The molecule has 1 aromatic carbocycles. The monoisotopic (exact) mass is 218 g/mol. The molecule has 1 aromatic rings. The zero-order valence-corrected chi connectivity index (χ0v) is 9.52. The maximum atomic E-state index is 10.7. The second kappa shape index (κ2) is 4.76. The topological polar surface area (TPSA) is 55.1 Å². The fraction of sp³-hybridized carbons (Fsp3) is 0.462. The SMILES string of the molecule is CC1CCNC(c2cccc(C=O)c2)C1N. The summed E-state index contributed by atoms with van der Waals surface area (Å²) in [5.74, 6) is 0.520. The maximum absolute atomic E-state index is 10.7. The number of rotatable bonds is 2. The Morgan fingerprint density at radius 1 is 1.50 bits per heavy atom. The first-order valence-corrected chi connectivity index (χ1v) is 5.76. The number of aldehydes is 1. The Balaban J connectivity index is 2.24. The molecule has 0 radical (unpaired) electrons. The predicted molar refractivity (Wildman–Crippen MR) is 64.3 cm³/mol. The molecule has 3 N–H and O–H groups in total. The van der Waals surface area contributed by atoms with Gasteiger partial charge in [-0.25, -0.2) is 0 Å². The second-order valence-corrected chi connectivity index (χ2v) is 4.56. The molecule has 1 heterocycles. The number of hydrogen-bond donors (Lipinski definition) is 2. The molecule has 86 valence electrons. The first-order valence-electron chi connectivity index (χ1n) is 5.76. The summed E-state index contributed by atoms with van der Waals surface area (Å²) in [6, 6.07) is 7.96. The molecule has 1 fully saturated rings. The van der Waals surface area contributed by atoms with Crippen molar-refractivity contribution >= 4 is 6.29 Å². The van der Waals surface area contributed by atoms with Crippen LogP contribution < -0.4 is 11.1 Å². The van der Waals surface area contributed by atoms with E-state index in [0.29, 0.717) is 11.5 Å². The van der Waals surface area contributed by atoms with Gasteiger partial charge in [0, 0.05) is 17.6 Å². The number of nitrogens with two attached hydrogens (primary N) is 1. The lowest BCUT2D eigenvalue weighted by atomic mass is 9.85. The Morgan fingerprint density at radius 3 is 3.06 bits per heavy atom. The zero-order valence-electron chi connectivity index (χ0n) is 9.52. The molecule has 0 aliphatic carbocycles. The highest BCUT2D eigenvalue weighted by Crippen LogP contribution is 2.26. The molecule has 1 saturated heterocycles. The van der Waals surface area contributed by atoms with E-state index >= 15 is 0 Å². The summed E-state index contributed by atoms with van der Waals surface area (Å²) in [6.45, 7) is 3.17. The van der Waals surface area contributed by atoms with E-state index in [0.717, 1.165) is 24.8 Å². The minimum absolute atomic E-state index is 0.121. The van der Waals surface area contributed by atoms with Gasteiger partial charge in [-0.1, -0.05) is 25.1 Å². The number of hydrogen-bond acceptors (Lipinski definition) is 3. The van der Waals surface area contributed by atoms with Gasteiger partial charge < -0.3 is 11.1 Å². The van der Waals surface area contributed by atoms with Gasteiger partial charge in [0.2, 0.25) is 0 Å². The van der Waals surface area contributed by atoms with Crippen LogP contribution in [0.5, 0.6) is 0 Å². The van der Waals surface area contributed by atoms with Gasteiger partial charge in [-0.05, 0) is 30.5 Å². The van der Waals surface area contributed by atoms with Gasteiger partial charge in [0.15, 0.2) is 0 Å². The molecular weight excluding hydrogens is 200 g/mol. The Labute approximate surface area is 96.0 Å². The molecule has 2 rings (SSSR count). The van der Waals surface area contributed by atoms with Crippen LogP contribution in [0.4, 0.5) is 0 Å². The van der Waals surface area contributed by atoms with E-state index in [-0.39, 0.29) is 12.1 Å². The highest BCUT2D eigenvalue weighted by molar-refractivity contribution is 5.75. The molecule has 3 unspecified atom stereocenters. The third-order valence-electron chi connectivity index (χ3n) is 3.41. The molecule has 1 aliphatic heterocycles. The van der Waals surface area contributed by atoms with E-state index in [1.165, 1.54) is 0 Å². The average Bonchev–Trinajstić information content (AvgIpc) is 2.33. The Kier molecular flexibility index (Phi) is 3.36. The van der Waals surface area contributed by atoms with Crippen LogP contribution in [0.2, 0.25) is 0 Å². The van der Waals surface area contributed by atoms with Crippen LogP contribution in [0.1, 0.15) is 35.3 Å². The van der Waals surface area contributed by atoms with Crippen LogP contribution in [-0.2, 0) is 0 Å². The fourth-order valence-corrected chi connectivity index (χ4v) is 2.29. The number of benzene rings is 1. The van der Waals surface area contributed by atoms with Crippen molar-refractivity contribution in [1.82, 2.24) is 5.32 Å². The van der Waals surface area contributed by atoms with Crippen molar-refractivity contribution in [3.63, 3.8) is 0 Å². The standard InChI is InChI=1S/C13H18N2O/c1-9-5-6-15-13(12(9)14)11-4-2-3-10(7-11)8-16/h2-4,7-9,12-13,15H,5-6,14H2,1H3.